The molecule has 0 radical (unpaired) electrons. The van der Waals surface area contributed by atoms with E-state index in [2.05, 4.69) is 46.5 Å². The minimum absolute atomic E-state index is 0.0672. The Morgan fingerprint density at radius 3 is 2.65 bits per heavy atom. The molecule has 1 heterocycles. The lowest BCUT2D eigenvalue weighted by Gasteiger charge is -2.05. The van der Waals surface area contributed by atoms with Gasteiger partial charge in [0, 0.05) is 19.4 Å². The molecule has 1 amide bonds. The molecule has 0 aliphatic rings. The van der Waals surface area contributed by atoms with Crippen molar-refractivity contribution in [1.29, 1.82) is 0 Å². The zero-order chi connectivity index (χ0) is 16.1. The smallest absolute Gasteiger partial charge is 0.220 e. The molecule has 0 saturated carbocycles. The summed E-state index contributed by atoms with van der Waals surface area (Å²) < 4.78 is 0. The fraction of sp³-hybridized carbons (Fsp3) is 0.263. The summed E-state index contributed by atoms with van der Waals surface area (Å²) in [7, 11) is 0. The number of hydrogen-bond acceptors (Lipinski definition) is 2. The molecule has 0 spiro atoms. The normalized spacial score (nSPS) is 10.8. The van der Waals surface area contributed by atoms with E-state index in [0.717, 1.165) is 23.3 Å². The zero-order valence-electron chi connectivity index (χ0n) is 13.3. The van der Waals surface area contributed by atoms with Crippen LogP contribution >= 0.6 is 0 Å². The number of aryl methyl sites for hydroxylation is 2. The molecule has 0 fully saturated rings. The van der Waals surface area contributed by atoms with E-state index in [4.69, 9.17) is 0 Å². The van der Waals surface area contributed by atoms with Gasteiger partial charge >= 0.3 is 0 Å². The van der Waals surface area contributed by atoms with Gasteiger partial charge in [-0.2, -0.15) is 0 Å². The van der Waals surface area contributed by atoms with Crippen molar-refractivity contribution >= 4 is 16.9 Å². The van der Waals surface area contributed by atoms with Crippen LogP contribution in [-0.4, -0.2) is 22.4 Å². The van der Waals surface area contributed by atoms with Crippen molar-refractivity contribution in [3.8, 4) is 0 Å². The zero-order valence-corrected chi connectivity index (χ0v) is 13.3. The van der Waals surface area contributed by atoms with E-state index in [9.17, 15) is 4.79 Å². The molecule has 23 heavy (non-hydrogen) atoms. The molecule has 4 heteroatoms. The molecule has 118 valence electrons. The first-order chi connectivity index (χ1) is 11.2. The molecule has 2 N–H and O–H groups in total. The Hall–Kier alpha value is -2.62. The Morgan fingerprint density at radius 2 is 1.87 bits per heavy atom. The molecule has 1 aromatic heterocycles. The molecule has 0 bridgehead atoms. The number of benzene rings is 2. The van der Waals surface area contributed by atoms with Crippen molar-refractivity contribution in [2.75, 3.05) is 6.54 Å². The Bertz CT molecular complexity index is 757. The molecule has 3 rings (SSSR count). The van der Waals surface area contributed by atoms with Crippen molar-refractivity contribution in [2.24, 2.45) is 0 Å². The van der Waals surface area contributed by atoms with Crippen molar-refractivity contribution in [1.82, 2.24) is 15.3 Å². The maximum absolute atomic E-state index is 11.9. The summed E-state index contributed by atoms with van der Waals surface area (Å²) in [6.07, 6.45) is 1.94. The largest absolute Gasteiger partial charge is 0.356 e. The molecular formula is C19H21N3O. The van der Waals surface area contributed by atoms with E-state index < -0.39 is 0 Å². The molecule has 0 saturated heterocycles. The number of hydrogen-bond donors (Lipinski definition) is 2. The second-order valence-electron chi connectivity index (χ2n) is 5.79. The fourth-order valence-electron chi connectivity index (χ4n) is 2.55. The second-order valence-corrected chi connectivity index (χ2v) is 5.79. The van der Waals surface area contributed by atoms with E-state index in [1.807, 2.05) is 24.3 Å². The van der Waals surface area contributed by atoms with Crippen LogP contribution in [0.25, 0.3) is 11.0 Å². The summed E-state index contributed by atoms with van der Waals surface area (Å²) in [5.41, 5.74) is 4.46. The number of imidazole rings is 1. The predicted octanol–water partition coefficient (Wildman–Crippen LogP) is 3.16. The van der Waals surface area contributed by atoms with Gasteiger partial charge in [0.2, 0.25) is 5.91 Å². The van der Waals surface area contributed by atoms with Crippen LogP contribution < -0.4 is 5.32 Å². The summed E-state index contributed by atoms with van der Waals surface area (Å²) in [6, 6.07) is 16.3. The van der Waals surface area contributed by atoms with Gasteiger partial charge in [-0.1, -0.05) is 42.0 Å². The minimum atomic E-state index is 0.0672. The number of nitrogens with one attached hydrogen (secondary N) is 2. The van der Waals surface area contributed by atoms with Gasteiger partial charge in [-0.05, 0) is 31.0 Å². The van der Waals surface area contributed by atoms with Crippen molar-refractivity contribution in [3.05, 3.63) is 65.5 Å². The third-order valence-corrected chi connectivity index (χ3v) is 3.88. The highest BCUT2D eigenvalue weighted by molar-refractivity contribution is 5.77. The number of nitrogens with zero attached hydrogens (tertiary/aromatic N) is 1. The standard InChI is InChI=1S/C19H21N3O/c1-14-6-8-15(9-7-14)12-13-20-19(23)11-10-18-21-16-4-2-3-5-17(16)22-18/h2-9H,10-13H2,1H3,(H,20,23)(H,21,22). The van der Waals surface area contributed by atoms with Crippen LogP contribution in [0.3, 0.4) is 0 Å². The monoisotopic (exact) mass is 307 g/mol. The number of rotatable bonds is 6. The maximum Gasteiger partial charge on any atom is 0.220 e. The van der Waals surface area contributed by atoms with Gasteiger partial charge in [0.05, 0.1) is 11.0 Å². The molecule has 0 aliphatic heterocycles. The van der Waals surface area contributed by atoms with Gasteiger partial charge in [-0.25, -0.2) is 4.98 Å². The van der Waals surface area contributed by atoms with Crippen molar-refractivity contribution in [2.45, 2.75) is 26.2 Å². The van der Waals surface area contributed by atoms with Crippen LogP contribution in [-0.2, 0) is 17.6 Å². The number of carbonyl (C=O) groups excluding carboxylic acids is 1. The Labute approximate surface area is 136 Å². The topological polar surface area (TPSA) is 57.8 Å². The average molecular weight is 307 g/mol. The summed E-state index contributed by atoms with van der Waals surface area (Å²) in [4.78, 5) is 19.7. The van der Waals surface area contributed by atoms with Gasteiger partial charge in [-0.3, -0.25) is 4.79 Å². The SMILES string of the molecule is Cc1ccc(CCNC(=O)CCc2nc3ccccc3[nH]2)cc1. The van der Waals surface area contributed by atoms with Gasteiger partial charge in [0.1, 0.15) is 5.82 Å². The molecule has 0 atom stereocenters. The quantitative estimate of drug-likeness (QED) is 0.735. The van der Waals surface area contributed by atoms with E-state index >= 15 is 0 Å². The summed E-state index contributed by atoms with van der Waals surface area (Å²) in [5.74, 6) is 0.928. The third kappa shape index (κ3) is 4.19. The van der Waals surface area contributed by atoms with E-state index in [1.165, 1.54) is 11.1 Å². The highest BCUT2D eigenvalue weighted by Crippen LogP contribution is 2.11. The number of fused-ring (bicyclic) bond motifs is 1. The fourth-order valence-corrected chi connectivity index (χ4v) is 2.55. The van der Waals surface area contributed by atoms with Crippen LogP contribution in [0, 0.1) is 6.92 Å². The number of aromatic amines is 1. The highest BCUT2D eigenvalue weighted by atomic mass is 16.1. The number of carbonyl (C=O) groups is 1. The molecular weight excluding hydrogens is 286 g/mol. The second kappa shape index (κ2) is 7.09. The first-order valence-electron chi connectivity index (χ1n) is 7.96. The van der Waals surface area contributed by atoms with E-state index in [0.29, 0.717) is 19.4 Å². The molecule has 0 aliphatic carbocycles. The van der Waals surface area contributed by atoms with Crippen LogP contribution in [0.1, 0.15) is 23.4 Å². The lowest BCUT2D eigenvalue weighted by Crippen LogP contribution is -2.26. The number of para-hydroxylation sites is 2. The van der Waals surface area contributed by atoms with E-state index in [1.54, 1.807) is 0 Å². The number of aromatic nitrogens is 2. The molecule has 0 unspecified atom stereocenters. The highest BCUT2D eigenvalue weighted by Gasteiger charge is 2.06. The third-order valence-electron chi connectivity index (χ3n) is 3.88. The predicted molar refractivity (Wildman–Crippen MR) is 92.3 cm³/mol. The van der Waals surface area contributed by atoms with E-state index in [-0.39, 0.29) is 5.91 Å². The Kier molecular flexibility index (Phi) is 4.71. The number of amides is 1. The Balaban J connectivity index is 1.43. The summed E-state index contributed by atoms with van der Waals surface area (Å²) >= 11 is 0. The summed E-state index contributed by atoms with van der Waals surface area (Å²) in [6.45, 7) is 2.74. The van der Waals surface area contributed by atoms with Crippen LogP contribution in [0.5, 0.6) is 0 Å². The van der Waals surface area contributed by atoms with Gasteiger partial charge in [-0.15, -0.1) is 0 Å². The average Bonchev–Trinajstić information content (AvgIpc) is 2.98. The van der Waals surface area contributed by atoms with Crippen LogP contribution in [0.4, 0.5) is 0 Å². The molecule has 3 aromatic rings. The summed E-state index contributed by atoms with van der Waals surface area (Å²) in [5, 5.41) is 2.97. The molecule has 4 nitrogen and oxygen atoms in total. The van der Waals surface area contributed by atoms with Gasteiger partial charge in [0.25, 0.3) is 0 Å². The van der Waals surface area contributed by atoms with Gasteiger partial charge in [0.15, 0.2) is 0 Å². The number of H-pyrrole nitrogens is 1. The Morgan fingerprint density at radius 1 is 1.09 bits per heavy atom. The molecule has 2 aromatic carbocycles. The lowest BCUT2D eigenvalue weighted by atomic mass is 10.1. The van der Waals surface area contributed by atoms with Crippen LogP contribution in [0.15, 0.2) is 48.5 Å². The maximum atomic E-state index is 11.9. The minimum Gasteiger partial charge on any atom is -0.356 e. The first kappa shape index (κ1) is 15.3. The van der Waals surface area contributed by atoms with Crippen molar-refractivity contribution < 1.29 is 4.79 Å². The van der Waals surface area contributed by atoms with Crippen molar-refractivity contribution in [3.63, 3.8) is 0 Å². The first-order valence-corrected chi connectivity index (χ1v) is 7.96. The van der Waals surface area contributed by atoms with Gasteiger partial charge < -0.3 is 10.3 Å². The lowest BCUT2D eigenvalue weighted by molar-refractivity contribution is -0.121. The van der Waals surface area contributed by atoms with Crippen LogP contribution in [0.2, 0.25) is 0 Å².